The number of rotatable bonds is 5. The molecule has 98 valence electrons. The molecule has 1 amide bonds. The average Bonchev–Trinajstić information content (AvgIpc) is 2.64. The summed E-state index contributed by atoms with van der Waals surface area (Å²) in [6.07, 6.45) is 4.15. The number of hydrogen-bond donors (Lipinski definition) is 2. The highest BCUT2D eigenvalue weighted by atomic mass is 32.2. The Morgan fingerprint density at radius 3 is 2.59 bits per heavy atom. The van der Waals surface area contributed by atoms with E-state index in [1.165, 1.54) is 14.1 Å². The first-order valence-corrected chi connectivity index (χ1v) is 7.05. The Balaban J connectivity index is 2.33. The highest BCUT2D eigenvalue weighted by Crippen LogP contribution is 2.15. The van der Waals surface area contributed by atoms with Crippen LogP contribution in [0.25, 0.3) is 0 Å². The fraction of sp³-hybridized carbons (Fsp3) is 0.700. The number of carbonyl (C=O) groups excluding carboxylic acids is 1. The largest absolute Gasteiger partial charge is 0.355 e. The van der Waals surface area contributed by atoms with Crippen LogP contribution in [-0.4, -0.2) is 51.1 Å². The van der Waals surface area contributed by atoms with Crippen LogP contribution in [0.5, 0.6) is 0 Å². The molecule has 2 unspecified atom stereocenters. The maximum atomic E-state index is 11.6. The number of nitrogens with zero attached hydrogens (tertiary/aromatic N) is 1. The van der Waals surface area contributed by atoms with Gasteiger partial charge in [-0.3, -0.25) is 4.79 Å². The minimum atomic E-state index is -3.25. The third-order valence-electron chi connectivity index (χ3n) is 2.67. The summed E-state index contributed by atoms with van der Waals surface area (Å²) >= 11 is 0. The van der Waals surface area contributed by atoms with Crippen molar-refractivity contribution in [1.29, 1.82) is 0 Å². The summed E-state index contributed by atoms with van der Waals surface area (Å²) in [6, 6.07) is -0.0729. The van der Waals surface area contributed by atoms with E-state index >= 15 is 0 Å². The maximum Gasteiger partial charge on any atom is 0.227 e. The monoisotopic (exact) mass is 261 g/mol. The van der Waals surface area contributed by atoms with Crippen LogP contribution in [-0.2, 0) is 14.8 Å². The Labute approximate surface area is 102 Å². The van der Waals surface area contributed by atoms with Crippen LogP contribution in [0, 0.1) is 5.92 Å². The van der Waals surface area contributed by atoms with E-state index in [0.717, 1.165) is 4.31 Å². The van der Waals surface area contributed by atoms with Crippen LogP contribution in [0.15, 0.2) is 12.2 Å². The number of amides is 1. The number of nitrogens with one attached hydrogen (secondary N) is 1. The molecule has 0 aromatic rings. The van der Waals surface area contributed by atoms with E-state index in [4.69, 9.17) is 5.73 Å². The summed E-state index contributed by atoms with van der Waals surface area (Å²) in [5.74, 6) is -0.482. The van der Waals surface area contributed by atoms with Gasteiger partial charge in [0, 0.05) is 26.7 Å². The van der Waals surface area contributed by atoms with Crippen molar-refractivity contribution in [3.63, 3.8) is 0 Å². The van der Waals surface area contributed by atoms with E-state index in [1.807, 2.05) is 0 Å². The smallest absolute Gasteiger partial charge is 0.227 e. The second-order valence-corrected chi connectivity index (χ2v) is 6.58. The summed E-state index contributed by atoms with van der Waals surface area (Å²) in [5.41, 5.74) is 5.63. The molecule has 1 aliphatic rings. The van der Waals surface area contributed by atoms with Gasteiger partial charge in [-0.05, 0) is 6.42 Å². The molecule has 0 spiro atoms. The summed E-state index contributed by atoms with van der Waals surface area (Å²) in [6.45, 7) is 0.124. The van der Waals surface area contributed by atoms with E-state index in [1.54, 1.807) is 12.2 Å². The van der Waals surface area contributed by atoms with Gasteiger partial charge < -0.3 is 11.1 Å². The van der Waals surface area contributed by atoms with Crippen molar-refractivity contribution in [1.82, 2.24) is 9.62 Å². The maximum absolute atomic E-state index is 11.6. The third-order valence-corrected chi connectivity index (χ3v) is 4.50. The van der Waals surface area contributed by atoms with Crippen LogP contribution >= 0.6 is 0 Å². The Hall–Kier alpha value is -0.920. The Morgan fingerprint density at radius 2 is 2.12 bits per heavy atom. The first kappa shape index (κ1) is 14.1. The first-order valence-electron chi connectivity index (χ1n) is 5.45. The van der Waals surface area contributed by atoms with Gasteiger partial charge in [0.1, 0.15) is 0 Å². The zero-order chi connectivity index (χ0) is 13.1. The van der Waals surface area contributed by atoms with Crippen molar-refractivity contribution >= 4 is 15.9 Å². The summed E-state index contributed by atoms with van der Waals surface area (Å²) in [4.78, 5) is 11.6. The second-order valence-electron chi connectivity index (χ2n) is 4.28. The molecule has 17 heavy (non-hydrogen) atoms. The Bertz CT molecular complexity index is 403. The van der Waals surface area contributed by atoms with E-state index in [9.17, 15) is 13.2 Å². The normalized spacial score (nSPS) is 24.2. The van der Waals surface area contributed by atoms with Crippen molar-refractivity contribution in [2.24, 2.45) is 11.7 Å². The minimum Gasteiger partial charge on any atom is -0.355 e. The molecular formula is C10H19N3O3S. The van der Waals surface area contributed by atoms with Crippen molar-refractivity contribution in [2.45, 2.75) is 12.5 Å². The second kappa shape index (κ2) is 5.61. The number of sulfonamides is 1. The molecule has 0 aromatic heterocycles. The molecule has 0 heterocycles. The molecule has 1 rings (SSSR count). The zero-order valence-corrected chi connectivity index (χ0v) is 10.9. The lowest BCUT2D eigenvalue weighted by Crippen LogP contribution is -2.36. The summed E-state index contributed by atoms with van der Waals surface area (Å²) < 4.78 is 24.0. The molecule has 0 aliphatic heterocycles. The molecule has 0 fully saturated rings. The average molecular weight is 261 g/mol. The molecule has 0 saturated carbocycles. The first-order chi connectivity index (χ1) is 7.83. The van der Waals surface area contributed by atoms with Gasteiger partial charge in [0.2, 0.25) is 15.9 Å². The number of hydrogen-bond acceptors (Lipinski definition) is 4. The fourth-order valence-corrected chi connectivity index (χ4v) is 2.26. The van der Waals surface area contributed by atoms with E-state index in [0.29, 0.717) is 6.42 Å². The van der Waals surface area contributed by atoms with E-state index in [2.05, 4.69) is 5.32 Å². The predicted molar refractivity (Wildman–Crippen MR) is 65.7 cm³/mol. The van der Waals surface area contributed by atoms with Gasteiger partial charge >= 0.3 is 0 Å². The molecule has 0 aromatic carbocycles. The van der Waals surface area contributed by atoms with Crippen molar-refractivity contribution in [2.75, 3.05) is 26.4 Å². The summed E-state index contributed by atoms with van der Waals surface area (Å²) in [5, 5.41) is 2.60. The van der Waals surface area contributed by atoms with E-state index < -0.39 is 10.0 Å². The highest BCUT2D eigenvalue weighted by Gasteiger charge is 2.23. The quantitative estimate of drug-likeness (QED) is 0.614. The lowest BCUT2D eigenvalue weighted by molar-refractivity contribution is -0.123. The van der Waals surface area contributed by atoms with Gasteiger partial charge in [-0.15, -0.1) is 0 Å². The molecule has 6 nitrogen and oxygen atoms in total. The highest BCUT2D eigenvalue weighted by molar-refractivity contribution is 7.89. The van der Waals surface area contributed by atoms with Crippen LogP contribution < -0.4 is 11.1 Å². The fourth-order valence-electron chi connectivity index (χ4n) is 1.54. The van der Waals surface area contributed by atoms with Gasteiger partial charge in [0.25, 0.3) is 0 Å². The van der Waals surface area contributed by atoms with Crippen LogP contribution in [0.4, 0.5) is 0 Å². The molecule has 3 N–H and O–H groups in total. The standard InChI is InChI=1S/C10H19N3O3S/c1-13(2)17(15,16)6-5-12-10(14)8-3-4-9(11)7-8/h3-4,8-9H,5-7,11H2,1-2H3,(H,12,14). The Kier molecular flexibility index (Phi) is 4.67. The number of carbonyl (C=O) groups is 1. The Morgan fingerprint density at radius 1 is 1.47 bits per heavy atom. The van der Waals surface area contributed by atoms with Crippen molar-refractivity contribution < 1.29 is 13.2 Å². The summed E-state index contributed by atoms with van der Waals surface area (Å²) in [7, 11) is -0.316. The lowest BCUT2D eigenvalue weighted by Gasteiger charge is -2.13. The van der Waals surface area contributed by atoms with Crippen LogP contribution in [0.1, 0.15) is 6.42 Å². The molecular weight excluding hydrogens is 242 g/mol. The predicted octanol–water partition coefficient (Wildman–Crippen LogP) is -1.10. The molecule has 0 saturated heterocycles. The topological polar surface area (TPSA) is 92.5 Å². The third kappa shape index (κ3) is 4.10. The van der Waals surface area contributed by atoms with Gasteiger partial charge in [-0.25, -0.2) is 12.7 Å². The molecule has 0 radical (unpaired) electrons. The SMILES string of the molecule is CN(C)S(=O)(=O)CCNC(=O)C1C=CC(N)C1. The van der Waals surface area contributed by atoms with Crippen LogP contribution in [0.3, 0.4) is 0 Å². The van der Waals surface area contributed by atoms with Gasteiger partial charge in [-0.2, -0.15) is 0 Å². The van der Waals surface area contributed by atoms with Crippen molar-refractivity contribution in [3.05, 3.63) is 12.2 Å². The van der Waals surface area contributed by atoms with Gasteiger partial charge in [0.05, 0.1) is 11.7 Å². The minimum absolute atomic E-state index is 0.0729. The molecule has 7 heteroatoms. The van der Waals surface area contributed by atoms with Crippen LogP contribution in [0.2, 0.25) is 0 Å². The molecule has 0 bridgehead atoms. The molecule has 1 aliphatic carbocycles. The van der Waals surface area contributed by atoms with E-state index in [-0.39, 0.29) is 30.2 Å². The zero-order valence-electron chi connectivity index (χ0n) is 10.1. The number of nitrogens with two attached hydrogens (primary N) is 1. The van der Waals surface area contributed by atoms with Gasteiger partial charge in [0.15, 0.2) is 0 Å². The lowest BCUT2D eigenvalue weighted by atomic mass is 10.1. The van der Waals surface area contributed by atoms with Gasteiger partial charge in [-0.1, -0.05) is 12.2 Å². The molecule has 2 atom stereocenters. The van der Waals surface area contributed by atoms with Crippen molar-refractivity contribution in [3.8, 4) is 0 Å².